The predicted molar refractivity (Wildman–Crippen MR) is 128 cm³/mol. The average Bonchev–Trinajstić information content (AvgIpc) is 3.11. The van der Waals surface area contributed by atoms with E-state index in [0.29, 0.717) is 21.7 Å². The van der Waals surface area contributed by atoms with Gasteiger partial charge in [0.15, 0.2) is 0 Å². The lowest BCUT2D eigenvalue weighted by Crippen LogP contribution is -2.45. The van der Waals surface area contributed by atoms with Crippen LogP contribution < -0.4 is 5.48 Å². The molecule has 1 amide bonds. The van der Waals surface area contributed by atoms with Gasteiger partial charge >= 0.3 is 0 Å². The number of hydrogen-bond acceptors (Lipinski definition) is 4. The van der Waals surface area contributed by atoms with Crippen molar-refractivity contribution < 1.29 is 18.0 Å². The fraction of sp³-hybridized carbons (Fsp3) is 0.375. The summed E-state index contributed by atoms with van der Waals surface area (Å²) in [6.07, 6.45) is 1.73. The highest BCUT2D eigenvalue weighted by molar-refractivity contribution is 7.89. The van der Waals surface area contributed by atoms with Crippen molar-refractivity contribution in [2.24, 2.45) is 5.41 Å². The van der Waals surface area contributed by atoms with Crippen LogP contribution in [0.3, 0.4) is 0 Å². The molecule has 0 radical (unpaired) electrons. The number of halogens is 1. The van der Waals surface area contributed by atoms with E-state index in [1.165, 1.54) is 11.4 Å². The topological polar surface area (TPSA) is 75.7 Å². The number of carbonyl (C=O) groups excluding carboxylic acids is 1. The second-order valence-electron chi connectivity index (χ2n) is 8.62. The molecule has 0 saturated heterocycles. The molecule has 0 spiro atoms. The molecule has 0 unspecified atom stereocenters. The Morgan fingerprint density at radius 1 is 1.09 bits per heavy atom. The van der Waals surface area contributed by atoms with Crippen molar-refractivity contribution in [1.29, 1.82) is 0 Å². The van der Waals surface area contributed by atoms with Crippen LogP contribution in [0.4, 0.5) is 0 Å². The molecule has 8 heteroatoms. The summed E-state index contributed by atoms with van der Waals surface area (Å²) in [6, 6.07) is 12.3. The highest BCUT2D eigenvalue weighted by Gasteiger charge is 2.49. The second-order valence-corrected chi connectivity index (χ2v) is 10.9. The van der Waals surface area contributed by atoms with Gasteiger partial charge in [0.25, 0.3) is 5.91 Å². The molecule has 2 aromatic carbocycles. The number of amides is 1. The quantitative estimate of drug-likeness (QED) is 0.610. The van der Waals surface area contributed by atoms with Crippen LogP contribution in [0.25, 0.3) is 0 Å². The third-order valence-electron chi connectivity index (χ3n) is 5.34. The summed E-state index contributed by atoms with van der Waals surface area (Å²) in [5, 5.41) is 0.523. The largest absolute Gasteiger partial charge is 0.277 e. The molecule has 1 aliphatic rings. The third kappa shape index (κ3) is 4.91. The van der Waals surface area contributed by atoms with E-state index < -0.39 is 33.4 Å². The molecule has 0 saturated carbocycles. The zero-order valence-electron chi connectivity index (χ0n) is 18.2. The number of benzene rings is 2. The summed E-state index contributed by atoms with van der Waals surface area (Å²) >= 11 is 6.07. The molecule has 0 aliphatic carbocycles. The van der Waals surface area contributed by atoms with Crippen molar-refractivity contribution in [3.05, 3.63) is 76.3 Å². The lowest BCUT2D eigenvalue weighted by molar-refractivity contribution is -0.127. The van der Waals surface area contributed by atoms with Gasteiger partial charge in [-0.3, -0.25) is 9.63 Å². The summed E-state index contributed by atoms with van der Waals surface area (Å²) < 4.78 is 29.4. The van der Waals surface area contributed by atoms with E-state index in [-0.39, 0.29) is 12.3 Å². The Hall–Kier alpha value is -2.19. The van der Waals surface area contributed by atoms with E-state index >= 15 is 0 Å². The molecule has 1 heterocycles. The Morgan fingerprint density at radius 2 is 1.69 bits per heavy atom. The van der Waals surface area contributed by atoms with E-state index in [1.54, 1.807) is 61.5 Å². The number of nitrogens with one attached hydrogen (secondary N) is 1. The van der Waals surface area contributed by atoms with Gasteiger partial charge in [0, 0.05) is 16.6 Å². The fourth-order valence-corrected chi connectivity index (χ4v) is 6.10. The first-order valence-corrected chi connectivity index (χ1v) is 11.7. The van der Waals surface area contributed by atoms with Gasteiger partial charge in [-0.05, 0) is 41.7 Å². The Labute approximate surface area is 196 Å². The van der Waals surface area contributed by atoms with Crippen LogP contribution >= 0.6 is 11.6 Å². The number of carbonyl (C=O) groups is 1. The number of hydroxylamine groups is 1. The van der Waals surface area contributed by atoms with Crippen LogP contribution in [-0.2, 0) is 19.7 Å². The van der Waals surface area contributed by atoms with E-state index in [9.17, 15) is 13.2 Å². The highest BCUT2D eigenvalue weighted by atomic mass is 35.5. The van der Waals surface area contributed by atoms with Crippen LogP contribution in [0.2, 0.25) is 5.02 Å². The van der Waals surface area contributed by atoms with E-state index in [1.807, 2.05) is 20.8 Å². The molecule has 3 rings (SSSR count). The maximum Gasteiger partial charge on any atom is 0.272 e. The highest BCUT2D eigenvalue weighted by Crippen LogP contribution is 2.46. The van der Waals surface area contributed by atoms with Gasteiger partial charge in [-0.2, -0.15) is 4.31 Å². The molecular weight excluding hydrogens is 448 g/mol. The zero-order chi connectivity index (χ0) is 23.0. The van der Waals surface area contributed by atoms with Crippen LogP contribution in [0.15, 0.2) is 65.1 Å². The Kier molecular flexibility index (Phi) is 7.94. The van der Waals surface area contributed by atoms with Gasteiger partial charge < -0.3 is 0 Å². The van der Waals surface area contributed by atoms with Crippen LogP contribution in [0.1, 0.15) is 45.4 Å². The summed E-state index contributed by atoms with van der Waals surface area (Å²) in [4.78, 5) is 17.9. The minimum absolute atomic E-state index is 0. The maximum absolute atomic E-state index is 14.0. The first-order chi connectivity index (χ1) is 14.5. The smallest absolute Gasteiger partial charge is 0.272 e. The van der Waals surface area contributed by atoms with Crippen molar-refractivity contribution in [3.63, 3.8) is 0 Å². The zero-order valence-corrected chi connectivity index (χ0v) is 19.8. The molecular formula is C24H31ClN2O4S. The summed E-state index contributed by atoms with van der Waals surface area (Å²) in [6.45, 7) is 7.61. The second kappa shape index (κ2) is 9.75. The monoisotopic (exact) mass is 478 g/mol. The maximum atomic E-state index is 14.0. The average molecular weight is 479 g/mol. The number of nitrogens with zero attached hydrogens (tertiary/aromatic N) is 1. The molecule has 0 fully saturated rings. The van der Waals surface area contributed by atoms with Crippen molar-refractivity contribution in [1.82, 2.24) is 9.79 Å². The number of hydrogen-bond donors (Lipinski definition) is 1. The first-order valence-electron chi connectivity index (χ1n) is 9.88. The lowest BCUT2D eigenvalue weighted by atomic mass is 9.87. The normalized spacial score (nSPS) is 19.2. The van der Waals surface area contributed by atoms with Gasteiger partial charge in [-0.1, -0.05) is 76.2 Å². The molecule has 2 aromatic rings. The van der Waals surface area contributed by atoms with Gasteiger partial charge in [-0.15, -0.1) is 0 Å². The standard InChI is InChI=1S/C23H27ClN2O4S.CH4/c1-15-8-6-7-9-19(15)31(28,29)26-20(23(2,3)4)14-18(22(27)25-30-5)21(26)16-10-12-17(24)13-11-16;/h6-14,20-21H,1-5H3,(H,25,27);1H4/t20-,21-;/m0./s1. The van der Waals surface area contributed by atoms with Crippen LogP contribution in [0, 0.1) is 12.3 Å². The van der Waals surface area contributed by atoms with Gasteiger partial charge in [0.2, 0.25) is 10.0 Å². The van der Waals surface area contributed by atoms with Gasteiger partial charge in [0.05, 0.1) is 18.0 Å². The Balaban J connectivity index is 0.00000363. The Bertz CT molecular complexity index is 1110. The third-order valence-corrected chi connectivity index (χ3v) is 7.60. The van der Waals surface area contributed by atoms with Crippen molar-refractivity contribution in [2.45, 2.75) is 52.1 Å². The minimum Gasteiger partial charge on any atom is -0.277 e. The van der Waals surface area contributed by atoms with E-state index in [0.717, 1.165) is 0 Å². The summed E-state index contributed by atoms with van der Waals surface area (Å²) in [5.74, 6) is -0.487. The van der Waals surface area contributed by atoms with Crippen molar-refractivity contribution >= 4 is 27.5 Å². The lowest BCUT2D eigenvalue weighted by Gasteiger charge is -2.37. The van der Waals surface area contributed by atoms with E-state index in [2.05, 4.69) is 5.48 Å². The molecule has 0 aromatic heterocycles. The summed E-state index contributed by atoms with van der Waals surface area (Å²) in [7, 11) is -2.62. The first kappa shape index (κ1) is 26.1. The molecule has 174 valence electrons. The van der Waals surface area contributed by atoms with Gasteiger partial charge in [0.1, 0.15) is 0 Å². The van der Waals surface area contributed by atoms with E-state index in [4.69, 9.17) is 16.4 Å². The Morgan fingerprint density at radius 3 is 2.22 bits per heavy atom. The molecule has 32 heavy (non-hydrogen) atoms. The molecule has 1 N–H and O–H groups in total. The molecule has 2 atom stereocenters. The molecule has 6 nitrogen and oxygen atoms in total. The summed E-state index contributed by atoms with van der Waals surface area (Å²) in [5.41, 5.74) is 3.45. The van der Waals surface area contributed by atoms with Crippen molar-refractivity contribution in [2.75, 3.05) is 7.11 Å². The van der Waals surface area contributed by atoms with Crippen LogP contribution in [-0.4, -0.2) is 31.8 Å². The molecule has 0 bridgehead atoms. The van der Waals surface area contributed by atoms with Crippen LogP contribution in [0.5, 0.6) is 0 Å². The van der Waals surface area contributed by atoms with Gasteiger partial charge in [-0.25, -0.2) is 13.9 Å². The minimum atomic E-state index is -3.96. The van der Waals surface area contributed by atoms with Crippen molar-refractivity contribution in [3.8, 4) is 0 Å². The predicted octanol–water partition coefficient (Wildman–Crippen LogP) is 5.05. The molecule has 1 aliphatic heterocycles. The SMILES string of the molecule is C.CONC(=O)C1=C[C@@H](C(C)(C)C)N(S(=O)(=O)c2ccccc2C)[C@H]1c1ccc(Cl)cc1. The number of aryl methyl sites for hydroxylation is 1. The fourth-order valence-electron chi connectivity index (χ4n) is 3.83. The number of rotatable bonds is 5. The number of sulfonamides is 1.